The molecule has 0 aliphatic carbocycles. The zero-order chi connectivity index (χ0) is 13.3. The third-order valence-electron chi connectivity index (χ3n) is 2.50. The van der Waals surface area contributed by atoms with Crippen LogP contribution in [0.25, 0.3) is 10.9 Å². The Labute approximate surface area is 107 Å². The number of benzene rings is 1. The number of nitrogens with zero attached hydrogens (tertiary/aromatic N) is 2. The van der Waals surface area contributed by atoms with E-state index in [1.54, 1.807) is 0 Å². The highest BCUT2D eigenvalue weighted by molar-refractivity contribution is 6.34. The van der Waals surface area contributed by atoms with Crippen molar-refractivity contribution < 1.29 is 13.2 Å². The fraction of sp³-hybridized carbons (Fsp3) is 0.333. The van der Waals surface area contributed by atoms with Crippen LogP contribution < -0.4 is 0 Å². The number of aryl methyl sites for hydroxylation is 1. The van der Waals surface area contributed by atoms with E-state index in [9.17, 15) is 13.2 Å². The summed E-state index contributed by atoms with van der Waals surface area (Å²) in [5.41, 5.74) is -0.500. The first-order valence-corrected chi connectivity index (χ1v) is 5.83. The molecule has 0 saturated heterocycles. The van der Waals surface area contributed by atoms with Gasteiger partial charge in [0.15, 0.2) is 0 Å². The normalized spacial score (nSPS) is 12.1. The minimum Gasteiger partial charge on any atom is -0.233 e. The highest BCUT2D eigenvalue weighted by atomic mass is 35.5. The van der Waals surface area contributed by atoms with Gasteiger partial charge in [-0.1, -0.05) is 18.5 Å². The third-order valence-corrected chi connectivity index (χ3v) is 2.79. The molecule has 0 fully saturated rings. The Balaban J connectivity index is 2.60. The largest absolute Gasteiger partial charge is 0.416 e. The van der Waals surface area contributed by atoms with Crippen LogP contribution in [-0.2, 0) is 12.6 Å². The van der Waals surface area contributed by atoms with Crippen LogP contribution in [0.4, 0.5) is 13.2 Å². The molecule has 2 rings (SSSR count). The molecule has 0 N–H and O–H groups in total. The fourth-order valence-corrected chi connectivity index (χ4v) is 1.91. The smallest absolute Gasteiger partial charge is 0.233 e. The Morgan fingerprint density at radius 2 is 1.94 bits per heavy atom. The van der Waals surface area contributed by atoms with E-state index in [0.717, 1.165) is 18.6 Å². The number of halogens is 4. The zero-order valence-corrected chi connectivity index (χ0v) is 10.3. The van der Waals surface area contributed by atoms with Crippen LogP contribution in [0, 0.1) is 0 Å². The lowest BCUT2D eigenvalue weighted by atomic mass is 10.1. The maximum atomic E-state index is 12.6. The molecule has 6 heteroatoms. The lowest BCUT2D eigenvalue weighted by Gasteiger charge is -2.08. The number of alkyl halides is 3. The Morgan fingerprint density at radius 1 is 1.22 bits per heavy atom. The van der Waals surface area contributed by atoms with E-state index in [1.807, 2.05) is 6.92 Å². The quantitative estimate of drug-likeness (QED) is 0.765. The van der Waals surface area contributed by atoms with Gasteiger partial charge >= 0.3 is 6.18 Å². The molecule has 0 unspecified atom stereocenters. The summed E-state index contributed by atoms with van der Waals surface area (Å²) in [6.07, 6.45) is -2.98. The Bertz CT molecular complexity index is 581. The minimum absolute atomic E-state index is 0.192. The van der Waals surface area contributed by atoms with Crippen LogP contribution in [0.5, 0.6) is 0 Å². The van der Waals surface area contributed by atoms with Gasteiger partial charge in [-0.3, -0.25) is 0 Å². The molecule has 0 aliphatic heterocycles. The standard InChI is InChI=1S/C12H10ClF3N2/c1-2-3-10-17-9-6-7(12(14,15)16)4-5-8(9)11(13)18-10/h4-6H,2-3H2,1H3. The van der Waals surface area contributed by atoms with Crippen molar-refractivity contribution in [3.05, 3.63) is 34.7 Å². The van der Waals surface area contributed by atoms with E-state index in [4.69, 9.17) is 11.6 Å². The van der Waals surface area contributed by atoms with Crippen LogP contribution in [0.3, 0.4) is 0 Å². The third kappa shape index (κ3) is 2.56. The predicted octanol–water partition coefficient (Wildman–Crippen LogP) is 4.25. The van der Waals surface area contributed by atoms with Crippen molar-refractivity contribution in [2.75, 3.05) is 0 Å². The Morgan fingerprint density at radius 3 is 2.56 bits per heavy atom. The molecule has 0 radical (unpaired) electrons. The summed E-state index contributed by atoms with van der Waals surface area (Å²) in [6, 6.07) is 3.29. The summed E-state index contributed by atoms with van der Waals surface area (Å²) in [5, 5.41) is 0.627. The second-order valence-corrected chi connectivity index (χ2v) is 4.27. The summed E-state index contributed by atoms with van der Waals surface area (Å²) in [4.78, 5) is 8.16. The van der Waals surface area contributed by atoms with Crippen LogP contribution in [0.1, 0.15) is 24.7 Å². The second kappa shape index (κ2) is 4.72. The molecule has 1 aromatic heterocycles. The van der Waals surface area contributed by atoms with Crippen molar-refractivity contribution >= 4 is 22.5 Å². The molecule has 0 bridgehead atoms. The summed E-state index contributed by atoms with van der Waals surface area (Å²) < 4.78 is 37.8. The van der Waals surface area contributed by atoms with Crippen molar-refractivity contribution in [2.24, 2.45) is 0 Å². The highest BCUT2D eigenvalue weighted by Crippen LogP contribution is 2.32. The van der Waals surface area contributed by atoms with Gasteiger partial charge in [-0.25, -0.2) is 9.97 Å². The molecule has 2 nitrogen and oxygen atoms in total. The lowest BCUT2D eigenvalue weighted by molar-refractivity contribution is -0.137. The van der Waals surface area contributed by atoms with Gasteiger partial charge in [0.1, 0.15) is 11.0 Å². The monoisotopic (exact) mass is 274 g/mol. The van der Waals surface area contributed by atoms with Gasteiger partial charge in [0.05, 0.1) is 11.1 Å². The maximum absolute atomic E-state index is 12.6. The van der Waals surface area contributed by atoms with Crippen LogP contribution in [-0.4, -0.2) is 9.97 Å². The van der Waals surface area contributed by atoms with Crippen molar-refractivity contribution in [1.29, 1.82) is 0 Å². The molecule has 18 heavy (non-hydrogen) atoms. The van der Waals surface area contributed by atoms with E-state index >= 15 is 0 Å². The molecule has 1 heterocycles. The SMILES string of the molecule is CCCc1nc(Cl)c2ccc(C(F)(F)F)cc2n1. The van der Waals surface area contributed by atoms with Gasteiger partial charge in [-0.15, -0.1) is 0 Å². The highest BCUT2D eigenvalue weighted by Gasteiger charge is 2.30. The fourth-order valence-electron chi connectivity index (χ4n) is 1.65. The molecular weight excluding hydrogens is 265 g/mol. The van der Waals surface area contributed by atoms with Crippen molar-refractivity contribution in [1.82, 2.24) is 9.97 Å². The summed E-state index contributed by atoms with van der Waals surface area (Å²) in [5.74, 6) is 0.467. The average molecular weight is 275 g/mol. The molecule has 0 spiro atoms. The van der Waals surface area contributed by atoms with E-state index in [-0.39, 0.29) is 10.7 Å². The number of rotatable bonds is 2. The maximum Gasteiger partial charge on any atom is 0.416 e. The number of fused-ring (bicyclic) bond motifs is 1. The summed E-state index contributed by atoms with van der Waals surface area (Å²) >= 11 is 5.93. The summed E-state index contributed by atoms with van der Waals surface area (Å²) in [7, 11) is 0. The lowest BCUT2D eigenvalue weighted by Crippen LogP contribution is -2.05. The number of aromatic nitrogens is 2. The summed E-state index contributed by atoms with van der Waals surface area (Å²) in [6.45, 7) is 1.94. The molecular formula is C12H10ClF3N2. The van der Waals surface area contributed by atoms with Crippen LogP contribution in [0.15, 0.2) is 18.2 Å². The Hall–Kier alpha value is -1.36. The van der Waals surface area contributed by atoms with Crippen LogP contribution in [0.2, 0.25) is 5.15 Å². The van der Waals surface area contributed by atoms with E-state index in [2.05, 4.69) is 9.97 Å². The van der Waals surface area contributed by atoms with Crippen molar-refractivity contribution in [2.45, 2.75) is 25.9 Å². The average Bonchev–Trinajstić information content (AvgIpc) is 2.27. The molecule has 0 aliphatic rings. The predicted molar refractivity (Wildman–Crippen MR) is 63.5 cm³/mol. The van der Waals surface area contributed by atoms with Crippen LogP contribution >= 0.6 is 11.6 Å². The van der Waals surface area contributed by atoms with Crippen molar-refractivity contribution in [3.63, 3.8) is 0 Å². The first-order chi connectivity index (χ1) is 8.41. The van der Waals surface area contributed by atoms with E-state index in [0.29, 0.717) is 17.6 Å². The van der Waals surface area contributed by atoms with Gasteiger partial charge in [0.2, 0.25) is 0 Å². The van der Waals surface area contributed by atoms with Gasteiger partial charge in [0, 0.05) is 11.8 Å². The molecule has 0 atom stereocenters. The number of hydrogen-bond donors (Lipinski definition) is 0. The molecule has 96 valence electrons. The molecule has 1 aromatic carbocycles. The van der Waals surface area contributed by atoms with Crippen molar-refractivity contribution in [3.8, 4) is 0 Å². The minimum atomic E-state index is -4.38. The first-order valence-electron chi connectivity index (χ1n) is 5.45. The Kier molecular flexibility index (Phi) is 3.43. The van der Waals surface area contributed by atoms with Gasteiger partial charge in [0.25, 0.3) is 0 Å². The molecule has 2 aromatic rings. The molecule has 0 saturated carbocycles. The first kappa shape index (κ1) is 13.1. The van der Waals surface area contributed by atoms with Gasteiger partial charge < -0.3 is 0 Å². The van der Waals surface area contributed by atoms with Gasteiger partial charge in [-0.2, -0.15) is 13.2 Å². The van der Waals surface area contributed by atoms with E-state index in [1.165, 1.54) is 6.07 Å². The van der Waals surface area contributed by atoms with E-state index < -0.39 is 11.7 Å². The van der Waals surface area contributed by atoms with Gasteiger partial charge in [-0.05, 0) is 24.6 Å². The second-order valence-electron chi connectivity index (χ2n) is 3.91. The topological polar surface area (TPSA) is 25.8 Å². The molecule has 0 amide bonds. The zero-order valence-electron chi connectivity index (χ0n) is 9.55. The number of hydrogen-bond acceptors (Lipinski definition) is 2.